The normalized spacial score (nSPS) is 11.6. The van der Waals surface area contributed by atoms with Gasteiger partial charge in [-0.15, -0.1) is 11.3 Å². The summed E-state index contributed by atoms with van der Waals surface area (Å²) in [7, 11) is -3.31. The number of hydrogen-bond donors (Lipinski definition) is 1. The van der Waals surface area contributed by atoms with E-state index in [1.54, 1.807) is 12.1 Å². The van der Waals surface area contributed by atoms with E-state index in [9.17, 15) is 8.42 Å². The van der Waals surface area contributed by atoms with Gasteiger partial charge < -0.3 is 0 Å². The first-order valence-corrected chi connectivity index (χ1v) is 8.01. The lowest BCUT2D eigenvalue weighted by Gasteiger charge is -2.05. The van der Waals surface area contributed by atoms with Gasteiger partial charge in [-0.25, -0.2) is 18.1 Å². The van der Waals surface area contributed by atoms with Gasteiger partial charge in [0.05, 0.1) is 23.0 Å². The van der Waals surface area contributed by atoms with Crippen LogP contribution in [0.15, 0.2) is 35.7 Å². The molecule has 0 atom stereocenters. The predicted molar refractivity (Wildman–Crippen MR) is 72.8 cm³/mol. The second kappa shape index (κ2) is 5.60. The molecule has 0 spiro atoms. The fourth-order valence-electron chi connectivity index (χ4n) is 1.52. The largest absolute Gasteiger partial charge is 0.245 e. The fraction of sp³-hybridized carbons (Fsp3) is 0.250. The van der Waals surface area contributed by atoms with Crippen LogP contribution < -0.4 is 4.72 Å². The van der Waals surface area contributed by atoms with Gasteiger partial charge in [0.25, 0.3) is 0 Å². The average molecular weight is 282 g/mol. The van der Waals surface area contributed by atoms with Crippen LogP contribution in [0.3, 0.4) is 0 Å². The molecule has 0 aliphatic heterocycles. The van der Waals surface area contributed by atoms with Crippen molar-refractivity contribution < 1.29 is 8.42 Å². The Morgan fingerprint density at radius 2 is 2.00 bits per heavy atom. The van der Waals surface area contributed by atoms with Gasteiger partial charge >= 0.3 is 0 Å². The number of nitrogens with one attached hydrogen (secondary N) is 1. The molecule has 1 aromatic carbocycles. The lowest BCUT2D eigenvalue weighted by atomic mass is 10.2. The van der Waals surface area contributed by atoms with E-state index in [0.29, 0.717) is 0 Å². The van der Waals surface area contributed by atoms with Crippen molar-refractivity contribution in [2.45, 2.75) is 19.2 Å². The maximum absolute atomic E-state index is 11.8. The Balaban J connectivity index is 1.96. The molecular formula is C12H14N2O2S2. The summed E-state index contributed by atoms with van der Waals surface area (Å²) in [6.45, 7) is 2.14. The minimum absolute atomic E-state index is 0.00302. The van der Waals surface area contributed by atoms with Crippen LogP contribution in [0.2, 0.25) is 0 Å². The number of benzene rings is 1. The van der Waals surface area contributed by atoms with Crippen LogP contribution >= 0.6 is 11.3 Å². The highest BCUT2D eigenvalue weighted by Crippen LogP contribution is 2.09. The number of nitrogens with zero attached hydrogens (tertiary/aromatic N) is 1. The van der Waals surface area contributed by atoms with Gasteiger partial charge in [-0.3, -0.25) is 0 Å². The van der Waals surface area contributed by atoms with Crippen molar-refractivity contribution in [1.82, 2.24) is 9.71 Å². The van der Waals surface area contributed by atoms with Gasteiger partial charge in [-0.1, -0.05) is 30.3 Å². The second-order valence-electron chi connectivity index (χ2n) is 3.92. The standard InChI is InChI=1S/C12H14N2O2S2/c1-10-14-12(8-17-10)7-13-18(15,16)9-11-5-3-2-4-6-11/h2-6,8,13H,7,9H2,1H3. The molecule has 6 heteroatoms. The Labute approximate surface area is 111 Å². The van der Waals surface area contributed by atoms with E-state index in [1.165, 1.54) is 11.3 Å². The molecule has 0 saturated heterocycles. The zero-order valence-electron chi connectivity index (χ0n) is 9.96. The minimum atomic E-state index is -3.31. The summed E-state index contributed by atoms with van der Waals surface area (Å²) in [4.78, 5) is 4.21. The summed E-state index contributed by atoms with van der Waals surface area (Å²) in [5.41, 5.74) is 1.54. The third-order valence-corrected chi connectivity index (χ3v) is 4.46. The average Bonchev–Trinajstić information content (AvgIpc) is 2.74. The van der Waals surface area contributed by atoms with Crippen molar-refractivity contribution in [3.8, 4) is 0 Å². The van der Waals surface area contributed by atoms with Crippen LogP contribution in [-0.4, -0.2) is 13.4 Å². The predicted octanol–water partition coefficient (Wildman–Crippen LogP) is 2.07. The maximum Gasteiger partial charge on any atom is 0.216 e. The molecule has 0 saturated carbocycles. The quantitative estimate of drug-likeness (QED) is 0.913. The molecule has 2 aromatic rings. The summed E-state index contributed by atoms with van der Waals surface area (Å²) >= 11 is 1.51. The molecule has 0 aliphatic rings. The number of hydrogen-bond acceptors (Lipinski definition) is 4. The van der Waals surface area contributed by atoms with E-state index in [4.69, 9.17) is 0 Å². The zero-order chi connectivity index (χ0) is 13.0. The highest BCUT2D eigenvalue weighted by molar-refractivity contribution is 7.88. The number of thiazole rings is 1. The third kappa shape index (κ3) is 3.90. The van der Waals surface area contributed by atoms with Crippen LogP contribution in [-0.2, 0) is 22.3 Å². The van der Waals surface area contributed by atoms with E-state index < -0.39 is 10.0 Å². The number of sulfonamides is 1. The lowest BCUT2D eigenvalue weighted by molar-refractivity contribution is 0.579. The van der Waals surface area contributed by atoms with Crippen molar-refractivity contribution >= 4 is 21.4 Å². The molecule has 0 aliphatic carbocycles. The third-order valence-electron chi connectivity index (χ3n) is 2.34. The van der Waals surface area contributed by atoms with Crippen molar-refractivity contribution in [1.29, 1.82) is 0 Å². The van der Waals surface area contributed by atoms with Crippen molar-refractivity contribution in [2.24, 2.45) is 0 Å². The highest BCUT2D eigenvalue weighted by atomic mass is 32.2. The Morgan fingerprint density at radius 3 is 2.61 bits per heavy atom. The van der Waals surface area contributed by atoms with Crippen molar-refractivity contribution in [3.05, 3.63) is 52.0 Å². The number of rotatable bonds is 5. The minimum Gasteiger partial charge on any atom is -0.245 e. The van der Waals surface area contributed by atoms with Gasteiger partial charge in [-0.2, -0.15) is 0 Å². The molecule has 0 radical (unpaired) electrons. The Morgan fingerprint density at radius 1 is 1.28 bits per heavy atom. The molecule has 0 amide bonds. The van der Waals surface area contributed by atoms with Crippen LogP contribution in [0.5, 0.6) is 0 Å². The van der Waals surface area contributed by atoms with Crippen LogP contribution in [0.25, 0.3) is 0 Å². The van der Waals surface area contributed by atoms with Gasteiger partial charge in [0.2, 0.25) is 10.0 Å². The molecule has 1 aromatic heterocycles. The van der Waals surface area contributed by atoms with Crippen molar-refractivity contribution in [3.63, 3.8) is 0 Å². The molecule has 2 rings (SSSR count). The first-order valence-electron chi connectivity index (χ1n) is 5.47. The Bertz CT molecular complexity index is 606. The fourth-order valence-corrected chi connectivity index (χ4v) is 3.23. The first-order chi connectivity index (χ1) is 8.55. The van der Waals surface area contributed by atoms with E-state index in [2.05, 4.69) is 9.71 Å². The lowest BCUT2D eigenvalue weighted by Crippen LogP contribution is -2.24. The second-order valence-corrected chi connectivity index (χ2v) is 6.79. The molecule has 0 fully saturated rings. The Kier molecular flexibility index (Phi) is 4.11. The highest BCUT2D eigenvalue weighted by Gasteiger charge is 2.11. The molecule has 1 heterocycles. The molecule has 0 bridgehead atoms. The molecule has 96 valence electrons. The smallest absolute Gasteiger partial charge is 0.216 e. The number of aromatic nitrogens is 1. The molecule has 4 nitrogen and oxygen atoms in total. The summed E-state index contributed by atoms with van der Waals surface area (Å²) in [6, 6.07) is 9.11. The first kappa shape index (κ1) is 13.2. The monoisotopic (exact) mass is 282 g/mol. The molecular weight excluding hydrogens is 268 g/mol. The van der Waals surface area contributed by atoms with Crippen LogP contribution in [0.1, 0.15) is 16.3 Å². The van der Waals surface area contributed by atoms with Crippen molar-refractivity contribution in [2.75, 3.05) is 0 Å². The van der Waals surface area contributed by atoms with E-state index in [-0.39, 0.29) is 12.3 Å². The summed E-state index contributed by atoms with van der Waals surface area (Å²) in [5, 5.41) is 2.80. The summed E-state index contributed by atoms with van der Waals surface area (Å²) in [5.74, 6) is -0.00302. The topological polar surface area (TPSA) is 59.1 Å². The van der Waals surface area contributed by atoms with Crippen LogP contribution in [0.4, 0.5) is 0 Å². The summed E-state index contributed by atoms with van der Waals surface area (Å²) < 4.78 is 26.2. The molecule has 0 unspecified atom stereocenters. The molecule has 1 N–H and O–H groups in total. The molecule has 18 heavy (non-hydrogen) atoms. The van der Waals surface area contributed by atoms with E-state index in [0.717, 1.165) is 16.3 Å². The SMILES string of the molecule is Cc1nc(CNS(=O)(=O)Cc2ccccc2)cs1. The van der Waals surface area contributed by atoms with E-state index >= 15 is 0 Å². The zero-order valence-corrected chi connectivity index (χ0v) is 11.6. The summed E-state index contributed by atoms with van der Waals surface area (Å²) in [6.07, 6.45) is 0. The van der Waals surface area contributed by atoms with Gasteiger partial charge in [0.1, 0.15) is 0 Å². The van der Waals surface area contributed by atoms with Gasteiger partial charge in [0.15, 0.2) is 0 Å². The van der Waals surface area contributed by atoms with E-state index in [1.807, 2.05) is 30.5 Å². The van der Waals surface area contributed by atoms with Gasteiger partial charge in [-0.05, 0) is 12.5 Å². The number of aryl methyl sites for hydroxylation is 1. The Hall–Kier alpha value is -1.24. The van der Waals surface area contributed by atoms with Gasteiger partial charge in [0, 0.05) is 5.38 Å². The maximum atomic E-state index is 11.8. The van der Waals surface area contributed by atoms with Crippen LogP contribution in [0, 0.1) is 6.92 Å².